The van der Waals surface area contributed by atoms with Gasteiger partial charge in [0.1, 0.15) is 11.7 Å². The van der Waals surface area contributed by atoms with E-state index < -0.39 is 0 Å². The largest absolute Gasteiger partial charge is 0.370 e. The van der Waals surface area contributed by atoms with Crippen molar-refractivity contribution in [2.24, 2.45) is 0 Å². The molecule has 1 N–H and O–H groups in total. The van der Waals surface area contributed by atoms with E-state index in [0.29, 0.717) is 19.7 Å². The molecule has 2 aromatic rings. The van der Waals surface area contributed by atoms with Crippen LogP contribution in [0.1, 0.15) is 39.7 Å². The molecule has 0 bridgehead atoms. The molecule has 1 aliphatic carbocycles. The highest BCUT2D eigenvalue weighted by molar-refractivity contribution is 5.94. The van der Waals surface area contributed by atoms with Crippen LogP contribution in [0, 0.1) is 0 Å². The van der Waals surface area contributed by atoms with Gasteiger partial charge in [-0.05, 0) is 48.6 Å². The van der Waals surface area contributed by atoms with E-state index in [1.165, 1.54) is 0 Å². The van der Waals surface area contributed by atoms with E-state index in [0.717, 1.165) is 36.1 Å². The second-order valence-corrected chi connectivity index (χ2v) is 6.26. The van der Waals surface area contributed by atoms with Gasteiger partial charge in [-0.25, -0.2) is 0 Å². The number of aromatic amines is 1. The van der Waals surface area contributed by atoms with Gasteiger partial charge in [-0.3, -0.25) is 14.6 Å². The highest BCUT2D eigenvalue weighted by Crippen LogP contribution is 2.23. The first-order valence-corrected chi connectivity index (χ1v) is 8.28. The first kappa shape index (κ1) is 15.1. The van der Waals surface area contributed by atoms with E-state index in [2.05, 4.69) is 9.97 Å². The fraction of sp³-hybridized carbons (Fsp3) is 0.389. The lowest BCUT2D eigenvalue weighted by molar-refractivity contribution is -0.0229. The number of fused-ring (bicyclic) bond motifs is 1. The molecule has 4 rings (SSSR count). The Morgan fingerprint density at radius 3 is 2.96 bits per heavy atom. The summed E-state index contributed by atoms with van der Waals surface area (Å²) in [4.78, 5) is 33.7. The number of pyridine rings is 2. The molecule has 1 atom stereocenters. The SMILES string of the molecule is O=C(c1cc2c([nH]c1=O)CCC2)N1CCOC(c2ccncc2)C1. The Kier molecular flexibility index (Phi) is 3.90. The minimum absolute atomic E-state index is 0.181. The molecule has 0 radical (unpaired) electrons. The van der Waals surface area contributed by atoms with Crippen LogP contribution in [-0.2, 0) is 17.6 Å². The summed E-state index contributed by atoms with van der Waals surface area (Å²) in [5, 5.41) is 0. The smallest absolute Gasteiger partial charge is 0.261 e. The number of nitrogens with zero attached hydrogens (tertiary/aromatic N) is 2. The Balaban J connectivity index is 1.57. The number of rotatable bonds is 2. The summed E-state index contributed by atoms with van der Waals surface area (Å²) in [7, 11) is 0. The molecule has 1 aliphatic heterocycles. The van der Waals surface area contributed by atoms with Gasteiger partial charge in [-0.15, -0.1) is 0 Å². The molecule has 3 heterocycles. The molecular formula is C18H19N3O3. The van der Waals surface area contributed by atoms with Crippen LogP contribution in [0.3, 0.4) is 0 Å². The molecule has 1 saturated heterocycles. The summed E-state index contributed by atoms with van der Waals surface area (Å²) in [5.74, 6) is -0.215. The van der Waals surface area contributed by atoms with Crippen molar-refractivity contribution in [3.63, 3.8) is 0 Å². The molecule has 24 heavy (non-hydrogen) atoms. The van der Waals surface area contributed by atoms with Crippen LogP contribution in [0.15, 0.2) is 35.4 Å². The molecule has 2 aliphatic rings. The van der Waals surface area contributed by atoms with Crippen LogP contribution >= 0.6 is 0 Å². The fourth-order valence-electron chi connectivity index (χ4n) is 3.46. The van der Waals surface area contributed by atoms with Gasteiger partial charge in [0, 0.05) is 24.6 Å². The van der Waals surface area contributed by atoms with E-state index in [9.17, 15) is 9.59 Å². The number of aryl methyl sites for hydroxylation is 2. The quantitative estimate of drug-likeness (QED) is 0.907. The lowest BCUT2D eigenvalue weighted by Gasteiger charge is -2.33. The topological polar surface area (TPSA) is 75.3 Å². The number of carbonyl (C=O) groups excluding carboxylic acids is 1. The number of aromatic nitrogens is 2. The second-order valence-electron chi connectivity index (χ2n) is 6.26. The van der Waals surface area contributed by atoms with Crippen molar-refractivity contribution in [3.05, 3.63) is 63.3 Å². The van der Waals surface area contributed by atoms with Crippen molar-refractivity contribution in [1.29, 1.82) is 0 Å². The molecule has 1 unspecified atom stereocenters. The number of ether oxygens (including phenoxy) is 1. The van der Waals surface area contributed by atoms with Crippen molar-refractivity contribution < 1.29 is 9.53 Å². The third kappa shape index (κ3) is 2.73. The van der Waals surface area contributed by atoms with Gasteiger partial charge in [0.25, 0.3) is 11.5 Å². The van der Waals surface area contributed by atoms with E-state index in [1.54, 1.807) is 23.4 Å². The normalized spacial score (nSPS) is 20.0. The van der Waals surface area contributed by atoms with Crippen LogP contribution < -0.4 is 5.56 Å². The lowest BCUT2D eigenvalue weighted by atomic mass is 10.1. The van der Waals surface area contributed by atoms with Crippen LogP contribution in [0.4, 0.5) is 0 Å². The minimum Gasteiger partial charge on any atom is -0.370 e. The highest BCUT2D eigenvalue weighted by Gasteiger charge is 2.28. The van der Waals surface area contributed by atoms with Gasteiger partial charge >= 0.3 is 0 Å². The number of morpholine rings is 1. The molecule has 2 aromatic heterocycles. The summed E-state index contributed by atoms with van der Waals surface area (Å²) in [6, 6.07) is 5.56. The predicted octanol–water partition coefficient (Wildman–Crippen LogP) is 1.47. The molecule has 1 fully saturated rings. The number of carbonyl (C=O) groups is 1. The Hall–Kier alpha value is -2.47. The number of hydrogen-bond donors (Lipinski definition) is 1. The summed E-state index contributed by atoms with van der Waals surface area (Å²) in [6.45, 7) is 1.40. The van der Waals surface area contributed by atoms with Crippen molar-refractivity contribution in [1.82, 2.24) is 14.9 Å². The molecule has 6 nitrogen and oxygen atoms in total. The average molecular weight is 325 g/mol. The third-order valence-electron chi connectivity index (χ3n) is 4.75. The van der Waals surface area contributed by atoms with Gasteiger partial charge in [-0.2, -0.15) is 0 Å². The monoisotopic (exact) mass is 325 g/mol. The zero-order valence-electron chi connectivity index (χ0n) is 13.3. The zero-order chi connectivity index (χ0) is 16.5. The van der Waals surface area contributed by atoms with Crippen LogP contribution in [0.25, 0.3) is 0 Å². The molecule has 6 heteroatoms. The first-order valence-electron chi connectivity index (χ1n) is 8.28. The number of amides is 1. The van der Waals surface area contributed by atoms with Crippen LogP contribution in [0.5, 0.6) is 0 Å². The fourth-order valence-corrected chi connectivity index (χ4v) is 3.46. The lowest BCUT2D eigenvalue weighted by Crippen LogP contribution is -2.44. The standard InChI is InChI=1S/C18H19N3O3/c22-17-14(10-13-2-1-3-15(13)20-17)18(23)21-8-9-24-16(11-21)12-4-6-19-7-5-12/h4-7,10,16H,1-3,8-9,11H2,(H,20,22). The first-order chi connectivity index (χ1) is 11.7. The Morgan fingerprint density at radius 2 is 2.12 bits per heavy atom. The Morgan fingerprint density at radius 1 is 1.29 bits per heavy atom. The van der Waals surface area contributed by atoms with Crippen molar-refractivity contribution in [3.8, 4) is 0 Å². The van der Waals surface area contributed by atoms with E-state index in [-0.39, 0.29) is 23.1 Å². The number of nitrogens with one attached hydrogen (secondary N) is 1. The summed E-state index contributed by atoms with van der Waals surface area (Å²) in [6.07, 6.45) is 6.09. The maximum absolute atomic E-state index is 12.8. The van der Waals surface area contributed by atoms with Crippen molar-refractivity contribution in [2.45, 2.75) is 25.4 Å². The van der Waals surface area contributed by atoms with Gasteiger partial charge < -0.3 is 14.6 Å². The minimum atomic E-state index is -0.285. The average Bonchev–Trinajstić information content (AvgIpc) is 3.08. The van der Waals surface area contributed by atoms with E-state index in [1.807, 2.05) is 12.1 Å². The molecule has 0 spiro atoms. The highest BCUT2D eigenvalue weighted by atomic mass is 16.5. The molecule has 0 aromatic carbocycles. The number of hydrogen-bond acceptors (Lipinski definition) is 4. The molecule has 124 valence electrons. The zero-order valence-corrected chi connectivity index (χ0v) is 13.3. The maximum atomic E-state index is 12.8. The van der Waals surface area contributed by atoms with E-state index in [4.69, 9.17) is 4.74 Å². The maximum Gasteiger partial charge on any atom is 0.261 e. The van der Waals surface area contributed by atoms with Crippen molar-refractivity contribution in [2.75, 3.05) is 19.7 Å². The van der Waals surface area contributed by atoms with Crippen LogP contribution in [0.2, 0.25) is 0 Å². The summed E-state index contributed by atoms with van der Waals surface area (Å²) in [5.41, 5.74) is 3.02. The molecular weight excluding hydrogens is 306 g/mol. The Bertz CT molecular complexity index is 816. The van der Waals surface area contributed by atoms with Crippen molar-refractivity contribution >= 4 is 5.91 Å². The third-order valence-corrected chi connectivity index (χ3v) is 4.75. The van der Waals surface area contributed by atoms with E-state index >= 15 is 0 Å². The van der Waals surface area contributed by atoms with Gasteiger partial charge in [-0.1, -0.05) is 0 Å². The summed E-state index contributed by atoms with van der Waals surface area (Å²) < 4.78 is 5.78. The molecule has 0 saturated carbocycles. The van der Waals surface area contributed by atoms with Gasteiger partial charge in [0.15, 0.2) is 0 Å². The van der Waals surface area contributed by atoms with Crippen LogP contribution in [-0.4, -0.2) is 40.5 Å². The predicted molar refractivity (Wildman–Crippen MR) is 87.9 cm³/mol. The summed E-state index contributed by atoms with van der Waals surface area (Å²) >= 11 is 0. The number of H-pyrrole nitrogens is 1. The Labute approximate surface area is 139 Å². The van der Waals surface area contributed by atoms with Gasteiger partial charge in [0.05, 0.1) is 13.2 Å². The second kappa shape index (κ2) is 6.20. The molecule has 1 amide bonds. The van der Waals surface area contributed by atoms with Gasteiger partial charge in [0.2, 0.25) is 0 Å².